The van der Waals surface area contributed by atoms with Gasteiger partial charge in [-0.15, -0.1) is 0 Å². The van der Waals surface area contributed by atoms with Crippen LogP contribution in [-0.2, 0) is 28.4 Å². The van der Waals surface area contributed by atoms with Crippen LogP contribution >= 0.6 is 0 Å². The van der Waals surface area contributed by atoms with Gasteiger partial charge in [0.25, 0.3) is 0 Å². The van der Waals surface area contributed by atoms with Crippen LogP contribution in [0.5, 0.6) is 0 Å². The molecule has 7 fully saturated rings. The van der Waals surface area contributed by atoms with Crippen molar-refractivity contribution in [2.75, 3.05) is 40.1 Å². The maximum Gasteiger partial charge on any atom is 0.197 e. The second kappa shape index (κ2) is 6.56. The van der Waals surface area contributed by atoms with Crippen molar-refractivity contribution >= 4 is 0 Å². The normalized spacial score (nSPS) is 58.2. The molecule has 4 aliphatic carbocycles. The zero-order valence-corrected chi connectivity index (χ0v) is 19.3. The average molecular weight is 449 g/mol. The topological polar surface area (TPSA) is 78.9 Å². The van der Waals surface area contributed by atoms with E-state index < -0.39 is 11.4 Å². The second-order valence-electron chi connectivity index (χ2n) is 11.5. The Kier molecular flexibility index (Phi) is 4.27. The molecule has 0 aromatic heterocycles. The Bertz CT molecular complexity index is 846. The SMILES string of the molecule is COCC1OCCOC23C[C@@]45CC[C@@H]6C(=CC[C@@]7(C)[C@@H]6CC[C@@]17O)[C@@]4(CC2OCCO3)O5. The van der Waals surface area contributed by atoms with Gasteiger partial charge >= 0.3 is 0 Å². The molecule has 10 aliphatic rings. The molecule has 0 aromatic carbocycles. The molecule has 0 aromatic rings. The molecular formula is C25H36O7. The lowest BCUT2D eigenvalue weighted by Gasteiger charge is -2.55. The van der Waals surface area contributed by atoms with Crippen molar-refractivity contribution in [3.05, 3.63) is 11.6 Å². The van der Waals surface area contributed by atoms with Crippen LogP contribution in [0.3, 0.4) is 0 Å². The van der Waals surface area contributed by atoms with Crippen LogP contribution in [0.4, 0.5) is 0 Å². The van der Waals surface area contributed by atoms with Gasteiger partial charge in [0.2, 0.25) is 0 Å². The Morgan fingerprint density at radius 1 is 1.09 bits per heavy atom. The summed E-state index contributed by atoms with van der Waals surface area (Å²) >= 11 is 0. The number of aliphatic hydroxyl groups is 1. The predicted octanol–water partition coefficient (Wildman–Crippen LogP) is 2.35. The van der Waals surface area contributed by atoms with Crippen LogP contribution in [0.1, 0.15) is 51.9 Å². The van der Waals surface area contributed by atoms with E-state index in [0.29, 0.717) is 44.9 Å². The molecule has 3 unspecified atom stereocenters. The molecule has 3 saturated carbocycles. The van der Waals surface area contributed by atoms with Gasteiger partial charge in [0.1, 0.15) is 23.4 Å². The van der Waals surface area contributed by atoms with Gasteiger partial charge in [-0.25, -0.2) is 0 Å². The van der Waals surface area contributed by atoms with E-state index >= 15 is 0 Å². The standard InChI is InChI=1S/C25H36O7/c1-21-6-4-18-16-3-7-22-15-25(19(28-9-11-30-25)13-24(18,22)32-22)31-12-10-29-20(14-27-2)23(21,26)8-5-17(16)21/h4,16-17,19-20,26H,3,5-15H2,1-2H3/t16-,17+,19?,20?,21-,22-,23+,24+,25?/m0/s1. The summed E-state index contributed by atoms with van der Waals surface area (Å²) in [6.07, 6.45) is 8.19. The number of fused-ring (bicyclic) bond motifs is 1. The monoisotopic (exact) mass is 448 g/mol. The molecule has 8 bridgehead atoms. The van der Waals surface area contributed by atoms with E-state index in [1.165, 1.54) is 5.57 Å². The predicted molar refractivity (Wildman–Crippen MR) is 113 cm³/mol. The number of epoxide rings is 1. The van der Waals surface area contributed by atoms with Crippen molar-refractivity contribution in [3.8, 4) is 0 Å². The molecule has 6 aliphatic heterocycles. The summed E-state index contributed by atoms with van der Waals surface area (Å²) < 4.78 is 37.7. The Balaban J connectivity index is 1.35. The summed E-state index contributed by atoms with van der Waals surface area (Å²) in [5.74, 6) is 0.110. The zero-order valence-electron chi connectivity index (χ0n) is 19.3. The molecule has 9 atom stereocenters. The van der Waals surface area contributed by atoms with Gasteiger partial charge in [0.05, 0.1) is 38.6 Å². The van der Waals surface area contributed by atoms with Crippen molar-refractivity contribution in [1.82, 2.24) is 0 Å². The molecule has 7 heteroatoms. The molecule has 0 amide bonds. The Morgan fingerprint density at radius 3 is 2.72 bits per heavy atom. The molecule has 7 nitrogen and oxygen atoms in total. The van der Waals surface area contributed by atoms with E-state index in [2.05, 4.69) is 13.0 Å². The lowest BCUT2D eigenvalue weighted by atomic mass is 9.52. The minimum absolute atomic E-state index is 0.127. The summed E-state index contributed by atoms with van der Waals surface area (Å²) in [6, 6.07) is 0. The summed E-state index contributed by atoms with van der Waals surface area (Å²) in [7, 11) is 1.68. The number of rotatable bonds is 2. The van der Waals surface area contributed by atoms with Gasteiger partial charge in [0.15, 0.2) is 5.79 Å². The van der Waals surface area contributed by atoms with Crippen molar-refractivity contribution in [1.29, 1.82) is 0 Å². The van der Waals surface area contributed by atoms with E-state index in [1.807, 2.05) is 0 Å². The summed E-state index contributed by atoms with van der Waals surface area (Å²) in [5, 5.41) is 12.1. The summed E-state index contributed by atoms with van der Waals surface area (Å²) in [6.45, 7) is 4.58. The third-order valence-corrected chi connectivity index (χ3v) is 10.5. The van der Waals surface area contributed by atoms with Crippen LogP contribution in [0.2, 0.25) is 0 Å². The molecule has 10 rings (SSSR count). The van der Waals surface area contributed by atoms with Gasteiger partial charge in [-0.2, -0.15) is 0 Å². The highest BCUT2D eigenvalue weighted by molar-refractivity contribution is 5.44. The van der Waals surface area contributed by atoms with Crippen LogP contribution in [-0.4, -0.2) is 80.0 Å². The highest BCUT2D eigenvalue weighted by atomic mass is 16.7. The molecule has 3 spiro atoms. The van der Waals surface area contributed by atoms with E-state index in [1.54, 1.807) is 7.11 Å². The Labute approximate surface area is 189 Å². The first-order valence-electron chi connectivity index (χ1n) is 12.6. The fourth-order valence-electron chi connectivity index (χ4n) is 8.93. The average Bonchev–Trinajstić information content (AvgIpc) is 3.37. The van der Waals surface area contributed by atoms with Crippen LogP contribution < -0.4 is 0 Å². The molecule has 178 valence electrons. The molecular weight excluding hydrogens is 412 g/mol. The Morgan fingerprint density at radius 2 is 1.91 bits per heavy atom. The minimum atomic E-state index is -0.916. The number of ether oxygens (including phenoxy) is 6. The van der Waals surface area contributed by atoms with E-state index in [-0.39, 0.29) is 28.8 Å². The number of hydrogen-bond donors (Lipinski definition) is 1. The van der Waals surface area contributed by atoms with E-state index in [9.17, 15) is 5.11 Å². The number of methoxy groups -OCH3 is 1. The molecule has 0 radical (unpaired) electrons. The highest BCUT2D eigenvalue weighted by Crippen LogP contribution is 2.74. The quantitative estimate of drug-likeness (QED) is 0.513. The van der Waals surface area contributed by atoms with Crippen LogP contribution in [0.15, 0.2) is 11.6 Å². The molecule has 1 N–H and O–H groups in total. The van der Waals surface area contributed by atoms with Gasteiger partial charge < -0.3 is 33.5 Å². The fourth-order valence-corrected chi connectivity index (χ4v) is 8.93. The van der Waals surface area contributed by atoms with Crippen LogP contribution in [0, 0.1) is 17.3 Å². The first-order valence-corrected chi connectivity index (χ1v) is 12.6. The van der Waals surface area contributed by atoms with Crippen molar-refractivity contribution in [3.63, 3.8) is 0 Å². The first-order chi connectivity index (χ1) is 15.4. The summed E-state index contributed by atoms with van der Waals surface area (Å²) in [4.78, 5) is 0. The maximum atomic E-state index is 12.1. The zero-order chi connectivity index (χ0) is 21.8. The van der Waals surface area contributed by atoms with Gasteiger partial charge in [-0.1, -0.05) is 13.0 Å². The van der Waals surface area contributed by atoms with Crippen LogP contribution in [0.25, 0.3) is 0 Å². The van der Waals surface area contributed by atoms with Crippen molar-refractivity contribution < 1.29 is 33.5 Å². The van der Waals surface area contributed by atoms with Gasteiger partial charge in [-0.05, 0) is 49.5 Å². The maximum absolute atomic E-state index is 12.1. The van der Waals surface area contributed by atoms with E-state index in [0.717, 1.165) is 44.9 Å². The molecule has 4 saturated heterocycles. The number of hydrogen-bond acceptors (Lipinski definition) is 7. The third-order valence-electron chi connectivity index (χ3n) is 10.5. The van der Waals surface area contributed by atoms with Crippen molar-refractivity contribution in [2.45, 2.75) is 86.7 Å². The smallest absolute Gasteiger partial charge is 0.197 e. The number of allylic oxidation sites excluding steroid dienone is 1. The minimum Gasteiger partial charge on any atom is -0.386 e. The lowest BCUT2D eigenvalue weighted by molar-refractivity contribution is -0.343. The Hall–Kier alpha value is -0.540. The van der Waals surface area contributed by atoms with Gasteiger partial charge in [-0.3, -0.25) is 0 Å². The first kappa shape index (κ1) is 20.8. The molecule has 6 heterocycles. The fraction of sp³-hybridized carbons (Fsp3) is 0.920. The highest BCUT2D eigenvalue weighted by Gasteiger charge is 2.82. The van der Waals surface area contributed by atoms with Crippen molar-refractivity contribution in [2.24, 2.45) is 17.3 Å². The third kappa shape index (κ3) is 2.32. The van der Waals surface area contributed by atoms with E-state index in [4.69, 9.17) is 28.4 Å². The molecule has 32 heavy (non-hydrogen) atoms. The van der Waals surface area contributed by atoms with Gasteiger partial charge in [0, 0.05) is 25.4 Å². The second-order valence-corrected chi connectivity index (χ2v) is 11.5. The largest absolute Gasteiger partial charge is 0.386 e. The lowest BCUT2D eigenvalue weighted by Crippen LogP contribution is -2.64. The summed E-state index contributed by atoms with van der Waals surface area (Å²) in [5.41, 5.74) is -0.106.